The quantitative estimate of drug-likeness (QED) is 0.862. The molecule has 0 amide bonds. The first-order valence-electron chi connectivity index (χ1n) is 5.48. The maximum absolute atomic E-state index is 11.3. The summed E-state index contributed by atoms with van der Waals surface area (Å²) in [6.07, 6.45) is 1.52. The van der Waals surface area contributed by atoms with Crippen molar-refractivity contribution in [2.24, 2.45) is 0 Å². The molecule has 1 aromatic carbocycles. The molecule has 0 saturated carbocycles. The molecule has 0 fully saturated rings. The van der Waals surface area contributed by atoms with E-state index in [0.29, 0.717) is 10.0 Å². The average molecular weight is 262 g/mol. The summed E-state index contributed by atoms with van der Waals surface area (Å²) in [5.41, 5.74) is 3.35. The minimum absolute atomic E-state index is 0.360. The van der Waals surface area contributed by atoms with E-state index >= 15 is 0 Å². The van der Waals surface area contributed by atoms with Gasteiger partial charge in [0.1, 0.15) is 4.88 Å². The Hall–Kier alpha value is -1.88. The van der Waals surface area contributed by atoms with Crippen molar-refractivity contribution in [2.75, 3.05) is 12.4 Å². The van der Waals surface area contributed by atoms with Crippen LogP contribution >= 0.6 is 11.3 Å². The Morgan fingerprint density at radius 2 is 2.17 bits per heavy atom. The lowest BCUT2D eigenvalue weighted by molar-refractivity contribution is 0.0606. The van der Waals surface area contributed by atoms with Crippen molar-refractivity contribution in [1.29, 1.82) is 0 Å². The number of rotatable bonds is 3. The highest BCUT2D eigenvalue weighted by molar-refractivity contribution is 7.17. The van der Waals surface area contributed by atoms with E-state index in [1.54, 1.807) is 0 Å². The molecule has 0 aliphatic carbocycles. The van der Waals surface area contributed by atoms with Gasteiger partial charge in [-0.1, -0.05) is 29.0 Å². The summed E-state index contributed by atoms with van der Waals surface area (Å²) in [4.78, 5) is 16.0. The number of carbonyl (C=O) groups excluding carboxylic acids is 1. The van der Waals surface area contributed by atoms with Crippen molar-refractivity contribution < 1.29 is 9.53 Å². The number of anilines is 2. The molecule has 4 nitrogen and oxygen atoms in total. The molecule has 0 radical (unpaired) electrons. The summed E-state index contributed by atoms with van der Waals surface area (Å²) in [5, 5.41) is 3.88. The standard InChI is InChI=1S/C13H14N2O2S/c1-8-4-5-10(9(2)6-8)15-13-14-7-11(18-13)12(16)17-3/h4-7H,1-3H3,(H,14,15). The van der Waals surface area contributed by atoms with Gasteiger partial charge in [-0.25, -0.2) is 9.78 Å². The molecule has 1 heterocycles. The Morgan fingerprint density at radius 3 is 2.83 bits per heavy atom. The van der Waals surface area contributed by atoms with Crippen LogP contribution in [0.3, 0.4) is 0 Å². The fourth-order valence-corrected chi connectivity index (χ4v) is 2.34. The molecule has 1 aromatic heterocycles. The number of benzene rings is 1. The molecule has 94 valence electrons. The van der Waals surface area contributed by atoms with Crippen LogP contribution in [0, 0.1) is 13.8 Å². The van der Waals surface area contributed by atoms with E-state index in [1.807, 2.05) is 19.1 Å². The highest BCUT2D eigenvalue weighted by Crippen LogP contribution is 2.25. The molecule has 0 unspecified atom stereocenters. The van der Waals surface area contributed by atoms with Crippen LogP contribution in [0.2, 0.25) is 0 Å². The molecule has 2 rings (SSSR count). The molecule has 0 bridgehead atoms. The largest absolute Gasteiger partial charge is 0.465 e. The molecule has 0 saturated heterocycles. The van der Waals surface area contributed by atoms with Crippen molar-refractivity contribution in [3.63, 3.8) is 0 Å². The van der Waals surface area contributed by atoms with Crippen LogP contribution in [0.4, 0.5) is 10.8 Å². The predicted octanol–water partition coefficient (Wildman–Crippen LogP) is 3.29. The number of aromatic nitrogens is 1. The summed E-state index contributed by atoms with van der Waals surface area (Å²) in [7, 11) is 1.36. The van der Waals surface area contributed by atoms with Crippen molar-refractivity contribution in [3.05, 3.63) is 40.4 Å². The Labute approximate surface area is 110 Å². The van der Waals surface area contributed by atoms with Gasteiger partial charge in [0, 0.05) is 5.69 Å². The molecule has 0 spiro atoms. The van der Waals surface area contributed by atoms with E-state index in [1.165, 1.54) is 30.2 Å². The minimum atomic E-state index is -0.360. The third-order valence-electron chi connectivity index (χ3n) is 2.52. The fourth-order valence-electron chi connectivity index (χ4n) is 1.60. The molecule has 5 heteroatoms. The number of thiazole rings is 1. The van der Waals surface area contributed by atoms with E-state index in [-0.39, 0.29) is 5.97 Å². The van der Waals surface area contributed by atoms with Gasteiger partial charge in [0.25, 0.3) is 0 Å². The number of nitrogens with one attached hydrogen (secondary N) is 1. The van der Waals surface area contributed by atoms with Gasteiger partial charge < -0.3 is 10.1 Å². The first-order chi connectivity index (χ1) is 8.60. The zero-order chi connectivity index (χ0) is 13.1. The van der Waals surface area contributed by atoms with Crippen LogP contribution < -0.4 is 5.32 Å². The maximum atomic E-state index is 11.3. The number of hydrogen-bond acceptors (Lipinski definition) is 5. The van der Waals surface area contributed by atoms with Crippen molar-refractivity contribution in [1.82, 2.24) is 4.98 Å². The average Bonchev–Trinajstić information content (AvgIpc) is 2.80. The summed E-state index contributed by atoms with van der Waals surface area (Å²) < 4.78 is 4.64. The van der Waals surface area contributed by atoms with Crippen LogP contribution in [0.5, 0.6) is 0 Å². The van der Waals surface area contributed by atoms with Crippen LogP contribution in [0.25, 0.3) is 0 Å². The van der Waals surface area contributed by atoms with E-state index in [9.17, 15) is 4.79 Å². The number of aryl methyl sites for hydroxylation is 2. The van der Waals surface area contributed by atoms with Gasteiger partial charge in [-0.05, 0) is 25.5 Å². The molecule has 18 heavy (non-hydrogen) atoms. The first-order valence-corrected chi connectivity index (χ1v) is 6.30. The minimum Gasteiger partial charge on any atom is -0.465 e. The second-order valence-electron chi connectivity index (χ2n) is 3.96. The third-order valence-corrected chi connectivity index (χ3v) is 3.41. The topological polar surface area (TPSA) is 51.2 Å². The summed E-state index contributed by atoms with van der Waals surface area (Å²) >= 11 is 1.28. The second kappa shape index (κ2) is 5.18. The number of hydrogen-bond donors (Lipinski definition) is 1. The summed E-state index contributed by atoms with van der Waals surface area (Å²) in [5.74, 6) is -0.360. The molecule has 0 atom stereocenters. The normalized spacial score (nSPS) is 10.2. The number of nitrogens with zero attached hydrogens (tertiary/aromatic N) is 1. The van der Waals surface area contributed by atoms with E-state index in [2.05, 4.69) is 28.0 Å². The third kappa shape index (κ3) is 2.68. The van der Waals surface area contributed by atoms with Gasteiger partial charge >= 0.3 is 5.97 Å². The van der Waals surface area contributed by atoms with E-state index in [0.717, 1.165) is 11.3 Å². The highest BCUT2D eigenvalue weighted by Gasteiger charge is 2.10. The van der Waals surface area contributed by atoms with Crippen LogP contribution in [0.1, 0.15) is 20.8 Å². The monoisotopic (exact) mass is 262 g/mol. The van der Waals surface area contributed by atoms with E-state index < -0.39 is 0 Å². The lowest BCUT2D eigenvalue weighted by Crippen LogP contribution is -1.96. The number of carbonyl (C=O) groups is 1. The maximum Gasteiger partial charge on any atom is 0.349 e. The van der Waals surface area contributed by atoms with Crippen molar-refractivity contribution >= 4 is 28.1 Å². The Kier molecular flexibility index (Phi) is 3.62. The van der Waals surface area contributed by atoms with Gasteiger partial charge in [-0.15, -0.1) is 0 Å². The zero-order valence-corrected chi connectivity index (χ0v) is 11.3. The Bertz CT molecular complexity index is 578. The number of methoxy groups -OCH3 is 1. The zero-order valence-electron chi connectivity index (χ0n) is 10.5. The van der Waals surface area contributed by atoms with Crippen LogP contribution in [0.15, 0.2) is 24.4 Å². The lowest BCUT2D eigenvalue weighted by atomic mass is 10.1. The van der Waals surface area contributed by atoms with Gasteiger partial charge in [0.2, 0.25) is 0 Å². The van der Waals surface area contributed by atoms with Crippen molar-refractivity contribution in [2.45, 2.75) is 13.8 Å². The van der Waals surface area contributed by atoms with Gasteiger partial charge in [-0.2, -0.15) is 0 Å². The number of ether oxygens (including phenoxy) is 1. The molecular formula is C13H14N2O2S. The molecular weight excluding hydrogens is 248 g/mol. The predicted molar refractivity (Wildman–Crippen MR) is 72.7 cm³/mol. The molecule has 2 aromatic rings. The van der Waals surface area contributed by atoms with Gasteiger partial charge in [0.15, 0.2) is 5.13 Å². The SMILES string of the molecule is COC(=O)c1cnc(Nc2ccc(C)cc2C)s1. The van der Waals surface area contributed by atoms with Crippen molar-refractivity contribution in [3.8, 4) is 0 Å². The van der Waals surface area contributed by atoms with Gasteiger partial charge in [-0.3, -0.25) is 0 Å². The van der Waals surface area contributed by atoms with Gasteiger partial charge in [0.05, 0.1) is 13.3 Å². The lowest BCUT2D eigenvalue weighted by Gasteiger charge is -2.07. The Balaban J connectivity index is 2.18. The molecule has 0 aliphatic rings. The Morgan fingerprint density at radius 1 is 1.39 bits per heavy atom. The molecule has 1 N–H and O–H groups in total. The summed E-state index contributed by atoms with van der Waals surface area (Å²) in [6.45, 7) is 4.08. The number of esters is 1. The summed E-state index contributed by atoms with van der Waals surface area (Å²) in [6, 6.07) is 6.13. The van der Waals surface area contributed by atoms with Crippen LogP contribution in [-0.4, -0.2) is 18.1 Å². The second-order valence-corrected chi connectivity index (χ2v) is 5.00. The fraction of sp³-hybridized carbons (Fsp3) is 0.231. The van der Waals surface area contributed by atoms with Crippen LogP contribution in [-0.2, 0) is 4.74 Å². The molecule has 0 aliphatic heterocycles. The highest BCUT2D eigenvalue weighted by atomic mass is 32.1. The first kappa shape index (κ1) is 12.6. The van der Waals surface area contributed by atoms with E-state index in [4.69, 9.17) is 0 Å². The smallest absolute Gasteiger partial charge is 0.349 e.